The van der Waals surface area contributed by atoms with Crippen LogP contribution in [0.3, 0.4) is 0 Å². The van der Waals surface area contributed by atoms with Gasteiger partial charge in [0.15, 0.2) is 0 Å². The largest absolute Gasteiger partial charge is 0.329 e. The molecule has 1 aliphatic heterocycles. The van der Waals surface area contributed by atoms with E-state index in [2.05, 4.69) is 25.9 Å². The first-order chi connectivity index (χ1) is 14.7. The Bertz CT molecular complexity index is 1060. The van der Waals surface area contributed by atoms with Gasteiger partial charge in [-0.15, -0.1) is 0 Å². The average molecular weight is 400 g/mol. The molecule has 7 nitrogen and oxygen atoms in total. The molecular formula is C23H24N6O. The van der Waals surface area contributed by atoms with E-state index in [0.29, 0.717) is 24.2 Å². The number of aromatic nitrogens is 3. The van der Waals surface area contributed by atoms with E-state index < -0.39 is 0 Å². The summed E-state index contributed by atoms with van der Waals surface area (Å²) in [7, 11) is 0. The predicted molar refractivity (Wildman–Crippen MR) is 113 cm³/mol. The Labute approximate surface area is 176 Å². The monoisotopic (exact) mass is 400 g/mol. The van der Waals surface area contributed by atoms with Crippen molar-refractivity contribution >= 4 is 5.91 Å². The van der Waals surface area contributed by atoms with Gasteiger partial charge in [-0.05, 0) is 49.7 Å². The molecule has 1 atom stereocenters. The van der Waals surface area contributed by atoms with Gasteiger partial charge in [0.1, 0.15) is 0 Å². The number of nitrogens with one attached hydrogen (secondary N) is 1. The molecule has 0 bridgehead atoms. The first-order valence-corrected chi connectivity index (χ1v) is 10.1. The lowest BCUT2D eigenvalue weighted by Gasteiger charge is -2.29. The van der Waals surface area contributed by atoms with E-state index >= 15 is 0 Å². The number of rotatable bonds is 6. The number of hydrogen-bond acceptors (Lipinski definition) is 5. The molecule has 152 valence electrons. The number of carbonyl (C=O) groups is 1. The number of nitriles is 1. The van der Waals surface area contributed by atoms with Crippen molar-refractivity contribution in [2.24, 2.45) is 0 Å². The van der Waals surface area contributed by atoms with Crippen molar-refractivity contribution in [3.63, 3.8) is 0 Å². The van der Waals surface area contributed by atoms with Crippen molar-refractivity contribution in [1.29, 1.82) is 5.26 Å². The highest BCUT2D eigenvalue weighted by molar-refractivity contribution is 5.95. The van der Waals surface area contributed by atoms with Crippen LogP contribution < -0.4 is 5.32 Å². The SMILES string of the molecule is Cc1ncccc1C(=O)N(Cc1cncn1Cc1ccc(C#N)cc1)C1CCNC1. The third kappa shape index (κ3) is 4.24. The zero-order valence-electron chi connectivity index (χ0n) is 17.0. The lowest BCUT2D eigenvalue weighted by Crippen LogP contribution is -2.41. The molecule has 3 aromatic rings. The molecule has 0 aliphatic carbocycles. The second-order valence-electron chi connectivity index (χ2n) is 7.54. The second kappa shape index (κ2) is 8.89. The molecule has 2 aromatic heterocycles. The van der Waals surface area contributed by atoms with Crippen LogP contribution in [0.25, 0.3) is 0 Å². The normalized spacial score (nSPS) is 15.7. The fourth-order valence-electron chi connectivity index (χ4n) is 3.82. The minimum Gasteiger partial charge on any atom is -0.329 e. The zero-order valence-corrected chi connectivity index (χ0v) is 17.0. The fraction of sp³-hybridized carbons (Fsp3) is 0.304. The Morgan fingerprint density at radius 3 is 2.87 bits per heavy atom. The number of carbonyl (C=O) groups excluding carboxylic acids is 1. The molecule has 1 aromatic carbocycles. The highest BCUT2D eigenvalue weighted by Crippen LogP contribution is 2.19. The van der Waals surface area contributed by atoms with Crippen molar-refractivity contribution in [3.8, 4) is 6.07 Å². The van der Waals surface area contributed by atoms with Crippen molar-refractivity contribution in [3.05, 3.63) is 83.2 Å². The quantitative estimate of drug-likeness (QED) is 0.687. The van der Waals surface area contributed by atoms with E-state index in [4.69, 9.17) is 5.26 Å². The zero-order chi connectivity index (χ0) is 20.9. The summed E-state index contributed by atoms with van der Waals surface area (Å²) in [5, 5.41) is 12.3. The molecule has 0 radical (unpaired) electrons. The van der Waals surface area contributed by atoms with Gasteiger partial charge >= 0.3 is 0 Å². The summed E-state index contributed by atoms with van der Waals surface area (Å²) in [4.78, 5) is 24.0. The van der Waals surface area contributed by atoms with Gasteiger partial charge in [-0.3, -0.25) is 9.78 Å². The molecule has 7 heteroatoms. The first kappa shape index (κ1) is 19.8. The average Bonchev–Trinajstić information content (AvgIpc) is 3.45. The lowest BCUT2D eigenvalue weighted by atomic mass is 10.1. The predicted octanol–water partition coefficient (Wildman–Crippen LogP) is 2.51. The summed E-state index contributed by atoms with van der Waals surface area (Å²) < 4.78 is 2.06. The molecule has 1 saturated heterocycles. The van der Waals surface area contributed by atoms with Gasteiger partial charge in [-0.25, -0.2) is 4.98 Å². The Hall–Kier alpha value is -3.50. The molecule has 1 N–H and O–H groups in total. The highest BCUT2D eigenvalue weighted by atomic mass is 16.2. The van der Waals surface area contributed by atoms with E-state index in [9.17, 15) is 4.79 Å². The summed E-state index contributed by atoms with van der Waals surface area (Å²) in [6.45, 7) is 4.68. The molecule has 3 heterocycles. The van der Waals surface area contributed by atoms with Crippen LogP contribution in [0.4, 0.5) is 0 Å². The van der Waals surface area contributed by atoms with Crippen LogP contribution in [0.1, 0.15) is 39.3 Å². The lowest BCUT2D eigenvalue weighted by molar-refractivity contribution is 0.0670. The van der Waals surface area contributed by atoms with Crippen LogP contribution in [0.15, 0.2) is 55.1 Å². The summed E-state index contributed by atoms with van der Waals surface area (Å²) in [6.07, 6.45) is 6.25. The maximum atomic E-state index is 13.4. The number of aryl methyl sites for hydroxylation is 1. The number of benzene rings is 1. The number of hydrogen-bond donors (Lipinski definition) is 1. The van der Waals surface area contributed by atoms with Crippen LogP contribution in [-0.2, 0) is 13.1 Å². The van der Waals surface area contributed by atoms with Crippen molar-refractivity contribution in [1.82, 2.24) is 24.8 Å². The van der Waals surface area contributed by atoms with Gasteiger partial charge in [0.2, 0.25) is 0 Å². The first-order valence-electron chi connectivity index (χ1n) is 10.1. The van der Waals surface area contributed by atoms with E-state index in [-0.39, 0.29) is 11.9 Å². The van der Waals surface area contributed by atoms with Crippen LogP contribution in [-0.4, -0.2) is 44.5 Å². The molecule has 30 heavy (non-hydrogen) atoms. The van der Waals surface area contributed by atoms with Crippen molar-refractivity contribution < 1.29 is 4.79 Å². The molecule has 4 rings (SSSR count). The van der Waals surface area contributed by atoms with Gasteiger partial charge in [0.25, 0.3) is 5.91 Å². The third-order valence-electron chi connectivity index (χ3n) is 5.54. The maximum absolute atomic E-state index is 13.4. The van der Waals surface area contributed by atoms with Crippen LogP contribution >= 0.6 is 0 Å². The Balaban J connectivity index is 1.58. The van der Waals surface area contributed by atoms with Gasteiger partial charge in [-0.2, -0.15) is 5.26 Å². The Morgan fingerprint density at radius 2 is 2.17 bits per heavy atom. The molecule has 0 spiro atoms. The van der Waals surface area contributed by atoms with E-state index in [1.54, 1.807) is 18.6 Å². The van der Waals surface area contributed by atoms with Crippen LogP contribution in [0, 0.1) is 18.3 Å². The van der Waals surface area contributed by atoms with Crippen molar-refractivity contribution in [2.75, 3.05) is 13.1 Å². The van der Waals surface area contributed by atoms with Gasteiger partial charge in [0.05, 0.1) is 35.8 Å². The minimum absolute atomic E-state index is 0.000392. The molecule has 1 fully saturated rings. The topological polar surface area (TPSA) is 86.8 Å². The van der Waals surface area contributed by atoms with E-state index in [1.807, 2.05) is 48.4 Å². The highest BCUT2D eigenvalue weighted by Gasteiger charge is 2.29. The molecular weight excluding hydrogens is 376 g/mol. The standard InChI is InChI=1S/C23H24N6O/c1-17-22(3-2-9-27-17)23(30)29(20-8-10-25-12-20)15-21-13-26-16-28(21)14-19-6-4-18(11-24)5-7-19/h2-7,9,13,16,20,25H,8,10,12,14-15H2,1H3. The summed E-state index contributed by atoms with van der Waals surface area (Å²) >= 11 is 0. The summed E-state index contributed by atoms with van der Waals surface area (Å²) in [6, 6.07) is 13.5. The Morgan fingerprint density at radius 1 is 1.33 bits per heavy atom. The molecule has 1 amide bonds. The smallest absolute Gasteiger partial charge is 0.256 e. The molecule has 1 unspecified atom stereocenters. The molecule has 1 aliphatic rings. The van der Waals surface area contributed by atoms with Gasteiger partial charge in [0, 0.05) is 37.2 Å². The maximum Gasteiger partial charge on any atom is 0.256 e. The Kier molecular flexibility index (Phi) is 5.87. The second-order valence-corrected chi connectivity index (χ2v) is 7.54. The van der Waals surface area contributed by atoms with E-state index in [0.717, 1.165) is 36.5 Å². The number of imidazole rings is 1. The number of pyridine rings is 1. The van der Waals surface area contributed by atoms with E-state index in [1.165, 1.54) is 0 Å². The fourth-order valence-corrected chi connectivity index (χ4v) is 3.82. The van der Waals surface area contributed by atoms with Gasteiger partial charge in [-0.1, -0.05) is 12.1 Å². The van der Waals surface area contributed by atoms with Gasteiger partial charge < -0.3 is 14.8 Å². The summed E-state index contributed by atoms with van der Waals surface area (Å²) in [5.74, 6) is 0.000392. The van der Waals surface area contributed by atoms with Crippen molar-refractivity contribution in [2.45, 2.75) is 32.5 Å². The van der Waals surface area contributed by atoms with Crippen LogP contribution in [0.2, 0.25) is 0 Å². The minimum atomic E-state index is 0.000392. The summed E-state index contributed by atoms with van der Waals surface area (Å²) in [5.41, 5.74) is 4.08. The third-order valence-corrected chi connectivity index (χ3v) is 5.54. The number of amides is 1. The molecule has 0 saturated carbocycles. The number of nitrogens with zero attached hydrogens (tertiary/aromatic N) is 5. The van der Waals surface area contributed by atoms with Crippen LogP contribution in [0.5, 0.6) is 0 Å².